The van der Waals surface area contributed by atoms with Crippen molar-refractivity contribution in [3.8, 4) is 0 Å². The molecule has 2 aromatic heterocycles. The van der Waals surface area contributed by atoms with Crippen molar-refractivity contribution >= 4 is 45.7 Å². The van der Waals surface area contributed by atoms with Crippen molar-refractivity contribution in [3.05, 3.63) is 70.0 Å². The maximum absolute atomic E-state index is 12.9. The molecule has 5 nitrogen and oxygen atoms in total. The average Bonchev–Trinajstić information content (AvgIpc) is 3.24. The van der Waals surface area contributed by atoms with Gasteiger partial charge in [-0.2, -0.15) is 0 Å². The predicted octanol–water partition coefficient (Wildman–Crippen LogP) is 4.36. The molecule has 0 bridgehead atoms. The summed E-state index contributed by atoms with van der Waals surface area (Å²) in [7, 11) is 1.34. The Hall–Kier alpha value is -2.57. The fraction of sp³-hybridized carbons (Fsp3) is 0.200. The normalized spacial score (nSPS) is 10.7. The first-order valence-electron chi connectivity index (χ1n) is 8.32. The van der Waals surface area contributed by atoms with Gasteiger partial charge in [-0.25, -0.2) is 4.79 Å². The molecule has 0 saturated carbocycles. The summed E-state index contributed by atoms with van der Waals surface area (Å²) in [4.78, 5) is 27.7. The number of aromatic nitrogens is 1. The Morgan fingerprint density at radius 2 is 2.07 bits per heavy atom. The van der Waals surface area contributed by atoms with Gasteiger partial charge in [-0.1, -0.05) is 35.9 Å². The molecule has 27 heavy (non-hydrogen) atoms. The van der Waals surface area contributed by atoms with Crippen molar-refractivity contribution in [2.45, 2.75) is 13.1 Å². The van der Waals surface area contributed by atoms with E-state index in [2.05, 4.69) is 6.58 Å². The van der Waals surface area contributed by atoms with Crippen molar-refractivity contribution in [1.82, 2.24) is 9.47 Å². The third kappa shape index (κ3) is 4.23. The predicted molar refractivity (Wildman–Crippen MR) is 108 cm³/mol. The number of benzene rings is 1. The van der Waals surface area contributed by atoms with E-state index >= 15 is 0 Å². The third-order valence-electron chi connectivity index (χ3n) is 4.18. The van der Waals surface area contributed by atoms with Crippen LogP contribution in [0.4, 0.5) is 0 Å². The lowest BCUT2D eigenvalue weighted by Crippen LogP contribution is -2.33. The zero-order chi connectivity index (χ0) is 19.4. The number of amides is 1. The number of fused-ring (bicyclic) bond motifs is 1. The van der Waals surface area contributed by atoms with E-state index in [-0.39, 0.29) is 12.5 Å². The molecule has 0 aliphatic carbocycles. The molecule has 2 heterocycles. The SMILES string of the molecule is C=CCN(Cc1ccc(Cl)s1)C(=O)Cn1cc(C(=O)OC)c2ccccc21. The van der Waals surface area contributed by atoms with Crippen LogP contribution in [0.25, 0.3) is 10.9 Å². The van der Waals surface area contributed by atoms with Gasteiger partial charge >= 0.3 is 5.97 Å². The number of nitrogens with zero attached hydrogens (tertiary/aromatic N) is 2. The fourth-order valence-electron chi connectivity index (χ4n) is 2.93. The second-order valence-corrected chi connectivity index (χ2v) is 7.75. The summed E-state index contributed by atoms with van der Waals surface area (Å²) in [6.07, 6.45) is 3.36. The van der Waals surface area contributed by atoms with Gasteiger partial charge in [-0.05, 0) is 18.2 Å². The number of carbonyl (C=O) groups is 2. The zero-order valence-corrected chi connectivity index (χ0v) is 16.4. The second-order valence-electron chi connectivity index (χ2n) is 5.95. The minimum Gasteiger partial charge on any atom is -0.465 e. The number of halogens is 1. The average molecular weight is 403 g/mol. The van der Waals surface area contributed by atoms with E-state index in [0.717, 1.165) is 15.8 Å². The van der Waals surface area contributed by atoms with Crippen LogP contribution in [0.15, 0.2) is 55.3 Å². The van der Waals surface area contributed by atoms with Gasteiger partial charge in [0.05, 0.1) is 23.6 Å². The number of carbonyl (C=O) groups excluding carboxylic acids is 2. The molecule has 1 aromatic carbocycles. The quantitative estimate of drug-likeness (QED) is 0.436. The summed E-state index contributed by atoms with van der Waals surface area (Å²) < 4.78 is 7.33. The Balaban J connectivity index is 1.87. The first-order chi connectivity index (χ1) is 13.0. The molecule has 0 aliphatic rings. The first-order valence-corrected chi connectivity index (χ1v) is 9.52. The maximum atomic E-state index is 12.9. The Kier molecular flexibility index (Phi) is 5.98. The molecule has 3 rings (SSSR count). The van der Waals surface area contributed by atoms with Crippen LogP contribution in [-0.2, 0) is 22.6 Å². The van der Waals surface area contributed by atoms with Crippen LogP contribution in [0, 0.1) is 0 Å². The highest BCUT2D eigenvalue weighted by atomic mass is 35.5. The molecule has 1 amide bonds. The molecule has 0 spiro atoms. The molecule has 7 heteroatoms. The number of rotatable bonds is 7. The number of thiophene rings is 1. The highest BCUT2D eigenvalue weighted by Gasteiger charge is 2.19. The molecule has 0 radical (unpaired) electrons. The van der Waals surface area contributed by atoms with Crippen LogP contribution in [0.5, 0.6) is 0 Å². The van der Waals surface area contributed by atoms with Gasteiger partial charge in [-0.3, -0.25) is 4.79 Å². The smallest absolute Gasteiger partial charge is 0.340 e. The summed E-state index contributed by atoms with van der Waals surface area (Å²) in [5.41, 5.74) is 1.25. The van der Waals surface area contributed by atoms with E-state index in [1.165, 1.54) is 18.4 Å². The topological polar surface area (TPSA) is 51.5 Å². The number of esters is 1. The lowest BCUT2D eigenvalue weighted by atomic mass is 10.2. The van der Waals surface area contributed by atoms with Gasteiger partial charge in [0.1, 0.15) is 6.54 Å². The monoisotopic (exact) mass is 402 g/mol. The molecule has 140 valence electrons. The number of methoxy groups -OCH3 is 1. The van der Waals surface area contributed by atoms with Crippen LogP contribution in [-0.4, -0.2) is 35.0 Å². The van der Waals surface area contributed by atoms with Crippen molar-refractivity contribution < 1.29 is 14.3 Å². The van der Waals surface area contributed by atoms with Crippen molar-refractivity contribution in [2.75, 3.05) is 13.7 Å². The zero-order valence-electron chi connectivity index (χ0n) is 14.9. The van der Waals surface area contributed by atoms with Crippen molar-refractivity contribution in [1.29, 1.82) is 0 Å². The lowest BCUT2D eigenvalue weighted by molar-refractivity contribution is -0.131. The van der Waals surface area contributed by atoms with Gasteiger partial charge in [0.25, 0.3) is 0 Å². The molecule has 0 aliphatic heterocycles. The second kappa shape index (κ2) is 8.41. The molecule has 0 atom stereocenters. The Labute approximate surface area is 166 Å². The minimum absolute atomic E-state index is 0.0726. The van der Waals surface area contributed by atoms with E-state index in [0.29, 0.717) is 23.0 Å². The van der Waals surface area contributed by atoms with Crippen molar-refractivity contribution in [2.24, 2.45) is 0 Å². The van der Waals surface area contributed by atoms with Crippen molar-refractivity contribution in [3.63, 3.8) is 0 Å². The van der Waals surface area contributed by atoms with Crippen LogP contribution >= 0.6 is 22.9 Å². The van der Waals surface area contributed by atoms with Gasteiger partial charge in [0.2, 0.25) is 5.91 Å². The molecular formula is C20H19ClN2O3S. The molecule has 0 fully saturated rings. The largest absolute Gasteiger partial charge is 0.465 e. The van der Waals surface area contributed by atoms with E-state index in [4.69, 9.17) is 16.3 Å². The Bertz CT molecular complexity index is 992. The number of hydrogen-bond donors (Lipinski definition) is 0. The Morgan fingerprint density at radius 1 is 1.30 bits per heavy atom. The molecule has 0 N–H and O–H groups in total. The lowest BCUT2D eigenvalue weighted by Gasteiger charge is -2.21. The molecule has 3 aromatic rings. The molecule has 0 unspecified atom stereocenters. The van der Waals surface area contributed by atoms with Crippen LogP contribution in [0.2, 0.25) is 4.34 Å². The van der Waals surface area contributed by atoms with Gasteiger partial charge in [-0.15, -0.1) is 17.9 Å². The minimum atomic E-state index is -0.423. The fourth-order valence-corrected chi connectivity index (χ4v) is 4.03. The molecular weight excluding hydrogens is 384 g/mol. The van der Waals surface area contributed by atoms with E-state index < -0.39 is 5.97 Å². The highest BCUT2D eigenvalue weighted by molar-refractivity contribution is 7.16. The van der Waals surface area contributed by atoms with Crippen LogP contribution in [0.3, 0.4) is 0 Å². The summed E-state index contributed by atoms with van der Waals surface area (Å²) in [5.74, 6) is -0.495. The highest BCUT2D eigenvalue weighted by Crippen LogP contribution is 2.24. The third-order valence-corrected chi connectivity index (χ3v) is 5.39. The van der Waals surface area contributed by atoms with Crippen LogP contribution < -0.4 is 0 Å². The van der Waals surface area contributed by atoms with Gasteiger partial charge < -0.3 is 14.2 Å². The number of ether oxygens (including phenoxy) is 1. The van der Waals surface area contributed by atoms with Gasteiger partial charge in [0.15, 0.2) is 0 Å². The summed E-state index contributed by atoms with van der Waals surface area (Å²) in [5, 5.41) is 0.762. The standard InChI is InChI=1S/C20H19ClN2O3S/c1-3-10-22(11-14-8-9-18(21)27-14)19(24)13-23-12-16(20(25)26-2)15-6-4-5-7-17(15)23/h3-9,12H,1,10-11,13H2,2H3. The van der Waals surface area contributed by atoms with Crippen LogP contribution in [0.1, 0.15) is 15.2 Å². The number of hydrogen-bond acceptors (Lipinski definition) is 4. The van der Waals surface area contributed by atoms with Gasteiger partial charge in [0, 0.05) is 28.5 Å². The van der Waals surface area contributed by atoms with E-state index in [1.807, 2.05) is 36.4 Å². The summed E-state index contributed by atoms with van der Waals surface area (Å²) in [6, 6.07) is 11.2. The number of para-hydroxylation sites is 1. The van der Waals surface area contributed by atoms with E-state index in [9.17, 15) is 9.59 Å². The first kappa shape index (κ1) is 19.2. The summed E-state index contributed by atoms with van der Waals surface area (Å²) >= 11 is 7.44. The Morgan fingerprint density at radius 3 is 2.74 bits per heavy atom. The summed E-state index contributed by atoms with van der Waals surface area (Å²) in [6.45, 7) is 4.75. The maximum Gasteiger partial charge on any atom is 0.340 e. The molecule has 0 saturated heterocycles. The van der Waals surface area contributed by atoms with E-state index in [1.54, 1.807) is 21.7 Å².